The molecule has 4 aliphatic heterocycles. The quantitative estimate of drug-likeness (QED) is 0.551. The van der Waals surface area contributed by atoms with Crippen molar-refractivity contribution in [2.45, 2.75) is 49.1 Å². The van der Waals surface area contributed by atoms with Crippen LogP contribution in [-0.4, -0.2) is 92.0 Å². The van der Waals surface area contributed by atoms with Crippen molar-refractivity contribution in [1.82, 2.24) is 10.2 Å². The highest BCUT2D eigenvalue weighted by Crippen LogP contribution is 2.50. The number of carbonyl (C=O) groups excluding carboxylic acids is 2. The summed E-state index contributed by atoms with van der Waals surface area (Å²) in [4.78, 5) is 32.1. The van der Waals surface area contributed by atoms with Crippen LogP contribution in [0.2, 0.25) is 0 Å². The first-order valence-corrected chi connectivity index (χ1v) is 12.3. The van der Waals surface area contributed by atoms with E-state index < -0.39 is 54.7 Å². The number of hydrogen-bond acceptors (Lipinski definition) is 9. The topological polar surface area (TPSA) is 113 Å². The van der Waals surface area contributed by atoms with Crippen molar-refractivity contribution in [3.05, 3.63) is 60.7 Å². The Morgan fingerprint density at radius 3 is 2.08 bits per heavy atom. The summed E-state index contributed by atoms with van der Waals surface area (Å²) >= 11 is 0. The van der Waals surface area contributed by atoms with Crippen molar-refractivity contribution in [3.8, 4) is 0 Å². The van der Waals surface area contributed by atoms with Crippen LogP contribution in [0.1, 0.15) is 6.42 Å². The Hall–Kier alpha value is -3.22. The molecule has 11 nitrogen and oxygen atoms in total. The molecule has 0 saturated carbocycles. The lowest BCUT2D eigenvalue weighted by Crippen LogP contribution is -2.72. The third-order valence-electron chi connectivity index (χ3n) is 7.62. The van der Waals surface area contributed by atoms with E-state index in [-0.39, 0.29) is 6.42 Å². The minimum Gasteiger partial charge on any atom is -0.387 e. The molecule has 0 aromatic heterocycles. The molecule has 4 saturated heterocycles. The fourth-order valence-electron chi connectivity index (χ4n) is 6.15. The van der Waals surface area contributed by atoms with Gasteiger partial charge in [-0.25, -0.2) is 4.79 Å². The molecule has 2 aromatic rings. The molecule has 2 aromatic carbocycles. The van der Waals surface area contributed by atoms with E-state index in [0.29, 0.717) is 13.1 Å². The molecule has 0 aliphatic carbocycles. The van der Waals surface area contributed by atoms with Gasteiger partial charge in [0.15, 0.2) is 24.4 Å². The van der Waals surface area contributed by atoms with E-state index in [1.165, 1.54) is 19.1 Å². The van der Waals surface area contributed by atoms with Crippen molar-refractivity contribution in [2.75, 3.05) is 37.1 Å². The van der Waals surface area contributed by atoms with E-state index in [9.17, 15) is 14.7 Å². The van der Waals surface area contributed by atoms with Crippen molar-refractivity contribution < 1.29 is 33.6 Å². The normalized spacial score (nSPS) is 31.7. The second-order valence-electron chi connectivity index (χ2n) is 9.58. The number of anilines is 2. The lowest BCUT2D eigenvalue weighted by molar-refractivity contribution is -0.221. The SMILES string of the molecule is COC(OC)[C@H]1O[C@@H]2[C@@H](O[C@]3(C4N(c5ccccc5)CCN4c4ccccc4)CC(=O)NC(=O)N23)[C@@H]1O. The van der Waals surface area contributed by atoms with E-state index in [1.807, 2.05) is 60.7 Å². The van der Waals surface area contributed by atoms with Crippen LogP contribution in [0.25, 0.3) is 0 Å². The average Bonchev–Trinajstić information content (AvgIpc) is 3.58. The van der Waals surface area contributed by atoms with Crippen molar-refractivity contribution >= 4 is 23.3 Å². The van der Waals surface area contributed by atoms with E-state index in [0.717, 1.165) is 11.4 Å². The number of aliphatic hydroxyl groups is 1. The van der Waals surface area contributed by atoms with Gasteiger partial charge in [0.1, 0.15) is 18.3 Å². The van der Waals surface area contributed by atoms with Gasteiger partial charge in [0.2, 0.25) is 5.91 Å². The zero-order valence-electron chi connectivity index (χ0n) is 20.6. The van der Waals surface area contributed by atoms with Gasteiger partial charge in [0.05, 0.1) is 6.42 Å². The van der Waals surface area contributed by atoms with Crippen molar-refractivity contribution in [2.24, 2.45) is 0 Å². The molecule has 196 valence electrons. The number of para-hydroxylation sites is 2. The number of nitrogens with one attached hydrogen (secondary N) is 1. The van der Waals surface area contributed by atoms with Crippen molar-refractivity contribution in [3.63, 3.8) is 0 Å². The lowest BCUT2D eigenvalue weighted by Gasteiger charge is -2.50. The summed E-state index contributed by atoms with van der Waals surface area (Å²) in [5.41, 5.74) is 0.424. The number of fused-ring (bicyclic) bond motifs is 3. The maximum absolute atomic E-state index is 13.5. The number of nitrogens with zero attached hydrogens (tertiary/aromatic N) is 3. The Bertz CT molecular complexity index is 1100. The van der Waals surface area contributed by atoms with E-state index in [2.05, 4.69) is 15.1 Å². The van der Waals surface area contributed by atoms with Gasteiger partial charge in [-0.1, -0.05) is 36.4 Å². The summed E-state index contributed by atoms with van der Waals surface area (Å²) in [5.74, 6) is -0.452. The van der Waals surface area contributed by atoms with Crippen LogP contribution in [0.4, 0.5) is 16.2 Å². The molecule has 4 aliphatic rings. The number of methoxy groups -OCH3 is 2. The molecule has 2 N–H and O–H groups in total. The Balaban J connectivity index is 1.46. The van der Waals surface area contributed by atoms with Gasteiger partial charge in [-0.3, -0.25) is 15.0 Å². The number of rotatable bonds is 6. The molecule has 4 heterocycles. The Morgan fingerprint density at radius 1 is 0.973 bits per heavy atom. The van der Waals surface area contributed by atoms with E-state index in [4.69, 9.17) is 18.9 Å². The smallest absolute Gasteiger partial charge is 0.328 e. The summed E-state index contributed by atoms with van der Waals surface area (Å²) in [7, 11) is 2.90. The first-order valence-electron chi connectivity index (χ1n) is 12.3. The van der Waals surface area contributed by atoms with Gasteiger partial charge >= 0.3 is 6.03 Å². The van der Waals surface area contributed by atoms with E-state index >= 15 is 0 Å². The molecule has 4 fully saturated rings. The summed E-state index contributed by atoms with van der Waals surface area (Å²) in [6.07, 6.45) is -5.46. The molecule has 0 bridgehead atoms. The predicted molar refractivity (Wildman–Crippen MR) is 131 cm³/mol. The van der Waals surface area contributed by atoms with Crippen LogP contribution in [0.5, 0.6) is 0 Å². The van der Waals surface area contributed by atoms with Gasteiger partial charge in [0, 0.05) is 38.7 Å². The van der Waals surface area contributed by atoms with Crippen LogP contribution in [0.15, 0.2) is 60.7 Å². The lowest BCUT2D eigenvalue weighted by atomic mass is 9.99. The average molecular weight is 511 g/mol. The van der Waals surface area contributed by atoms with Crippen LogP contribution in [-0.2, 0) is 23.7 Å². The number of hydrogen-bond donors (Lipinski definition) is 2. The highest BCUT2D eigenvalue weighted by molar-refractivity contribution is 5.98. The largest absolute Gasteiger partial charge is 0.387 e. The summed E-state index contributed by atoms with van der Waals surface area (Å²) in [5, 5.41) is 13.6. The number of benzene rings is 2. The number of imide groups is 1. The zero-order valence-corrected chi connectivity index (χ0v) is 20.6. The molecule has 3 amide bonds. The summed E-state index contributed by atoms with van der Waals surface area (Å²) in [6, 6.07) is 19.0. The second kappa shape index (κ2) is 9.26. The number of aliphatic hydroxyl groups excluding tert-OH is 1. The fraction of sp³-hybridized carbons (Fsp3) is 0.462. The number of ether oxygens (including phenoxy) is 4. The Morgan fingerprint density at radius 2 is 1.54 bits per heavy atom. The molecule has 11 heteroatoms. The van der Waals surface area contributed by atoms with E-state index in [1.54, 1.807) is 0 Å². The van der Waals surface area contributed by atoms with Gasteiger partial charge in [-0.15, -0.1) is 0 Å². The predicted octanol–water partition coefficient (Wildman–Crippen LogP) is 1.08. The highest BCUT2D eigenvalue weighted by atomic mass is 16.7. The third kappa shape index (κ3) is 3.69. The highest BCUT2D eigenvalue weighted by Gasteiger charge is 2.70. The number of carbonyl (C=O) groups is 2. The monoisotopic (exact) mass is 510 g/mol. The second-order valence-corrected chi connectivity index (χ2v) is 9.58. The van der Waals surface area contributed by atoms with Crippen molar-refractivity contribution in [1.29, 1.82) is 0 Å². The fourth-order valence-corrected chi connectivity index (χ4v) is 6.15. The molecular weight excluding hydrogens is 480 g/mol. The zero-order chi connectivity index (χ0) is 25.7. The molecule has 0 unspecified atom stereocenters. The summed E-state index contributed by atoms with van der Waals surface area (Å²) < 4.78 is 23.5. The first-order chi connectivity index (χ1) is 18.0. The number of urea groups is 1. The number of amides is 3. The minimum atomic E-state index is -1.43. The molecule has 6 rings (SSSR count). The van der Waals surface area contributed by atoms with Crippen LogP contribution in [0, 0.1) is 0 Å². The van der Waals surface area contributed by atoms with Gasteiger partial charge in [-0.2, -0.15) is 0 Å². The maximum Gasteiger partial charge on any atom is 0.328 e. The van der Waals surface area contributed by atoms with Crippen LogP contribution >= 0.6 is 0 Å². The van der Waals surface area contributed by atoms with Gasteiger partial charge in [-0.05, 0) is 24.3 Å². The molecule has 0 spiro atoms. The molecule has 37 heavy (non-hydrogen) atoms. The Labute approximate surface area is 214 Å². The maximum atomic E-state index is 13.5. The molecular formula is C26H30N4O7. The Kier molecular flexibility index (Phi) is 6.04. The van der Waals surface area contributed by atoms with Crippen LogP contribution < -0.4 is 15.1 Å². The van der Waals surface area contributed by atoms with Gasteiger partial charge in [0.25, 0.3) is 0 Å². The first kappa shape index (κ1) is 24.1. The molecule has 0 radical (unpaired) electrons. The summed E-state index contributed by atoms with van der Waals surface area (Å²) in [6.45, 7) is 1.27. The van der Waals surface area contributed by atoms with Crippen LogP contribution in [0.3, 0.4) is 0 Å². The third-order valence-corrected chi connectivity index (χ3v) is 7.62. The minimum absolute atomic E-state index is 0.123. The standard InChI is InChI=1S/C26H30N4O7/c1-34-23(35-2)21-19(32)20-22(36-21)30-25(33)27-18(31)15-26(30,37-20)24-28(16-9-5-3-6-10-16)13-14-29(24)17-11-7-4-8-12-17/h3-12,19-24,32H,13-15H2,1-2H3,(H,27,31,33)/t19-,20-,21-,22+,26-/m0/s1. The van der Waals surface area contributed by atoms with Gasteiger partial charge < -0.3 is 33.9 Å². The molecule has 5 atom stereocenters.